The number of halogens is 1. The lowest BCUT2D eigenvalue weighted by molar-refractivity contribution is -0.0982. The van der Waals surface area contributed by atoms with E-state index in [2.05, 4.69) is 4.98 Å². The molecular weight excluding hydrogens is 254 g/mol. The first kappa shape index (κ1) is 15.2. The zero-order chi connectivity index (χ0) is 14.1. The van der Waals surface area contributed by atoms with Gasteiger partial charge in [-0.2, -0.15) is 0 Å². The van der Waals surface area contributed by atoms with Crippen LogP contribution in [0.15, 0.2) is 12.1 Å². The Balaban J connectivity index is 2.92. The van der Waals surface area contributed by atoms with Gasteiger partial charge in [0.15, 0.2) is 0 Å². The predicted octanol–water partition coefficient (Wildman–Crippen LogP) is 0.571. The third-order valence-corrected chi connectivity index (χ3v) is 3.19. The monoisotopic (exact) mass is 272 g/mol. The first-order valence-electron chi connectivity index (χ1n) is 5.54. The second kappa shape index (κ2) is 5.05. The molecule has 18 heavy (non-hydrogen) atoms. The van der Waals surface area contributed by atoms with E-state index in [0.717, 1.165) is 0 Å². The highest BCUT2D eigenvalue weighted by Crippen LogP contribution is 2.25. The van der Waals surface area contributed by atoms with Gasteiger partial charge >= 0.3 is 7.12 Å². The number of nitrogen functional groups attached to an aromatic ring is 1. The lowest BCUT2D eigenvalue weighted by Gasteiger charge is -2.38. The number of rotatable bonds is 4. The molecule has 1 aromatic rings. The summed E-state index contributed by atoms with van der Waals surface area (Å²) in [4.78, 5) is 3.79. The van der Waals surface area contributed by atoms with Crippen LogP contribution < -0.4 is 11.2 Å². The van der Waals surface area contributed by atoms with Gasteiger partial charge < -0.3 is 20.5 Å². The smallest absolute Gasteiger partial charge is 0.423 e. The van der Waals surface area contributed by atoms with Gasteiger partial charge in [0.25, 0.3) is 0 Å². The first-order valence-corrected chi connectivity index (χ1v) is 5.92. The summed E-state index contributed by atoms with van der Waals surface area (Å²) in [5, 5.41) is 20.1. The highest BCUT2D eigenvalue weighted by atomic mass is 35.5. The normalized spacial score (nSPS) is 12.6. The molecule has 0 bridgehead atoms. The zero-order valence-electron chi connectivity index (χ0n) is 10.9. The molecule has 0 saturated heterocycles. The summed E-state index contributed by atoms with van der Waals surface area (Å²) < 4.78 is 5.46. The molecule has 4 N–H and O–H groups in total. The third kappa shape index (κ3) is 3.59. The van der Waals surface area contributed by atoms with Crippen LogP contribution in [0.1, 0.15) is 27.7 Å². The van der Waals surface area contributed by atoms with Crippen LogP contribution in [0.25, 0.3) is 0 Å². The van der Waals surface area contributed by atoms with E-state index in [1.54, 1.807) is 27.7 Å². The Kier molecular flexibility index (Phi) is 4.28. The number of aliphatic hydroxyl groups is 1. The number of aromatic nitrogens is 1. The summed E-state index contributed by atoms with van der Waals surface area (Å²) in [7, 11) is -1.24. The van der Waals surface area contributed by atoms with Crippen molar-refractivity contribution >= 4 is 30.0 Å². The van der Waals surface area contributed by atoms with Crippen molar-refractivity contribution in [3.8, 4) is 0 Å². The van der Waals surface area contributed by atoms with E-state index in [1.807, 2.05) is 0 Å². The molecule has 0 aromatic carbocycles. The van der Waals surface area contributed by atoms with E-state index < -0.39 is 18.3 Å². The summed E-state index contributed by atoms with van der Waals surface area (Å²) in [6, 6.07) is 2.93. The van der Waals surface area contributed by atoms with Gasteiger partial charge in [0.1, 0.15) is 11.0 Å². The summed E-state index contributed by atoms with van der Waals surface area (Å²) >= 11 is 5.75. The van der Waals surface area contributed by atoms with Gasteiger partial charge in [-0.15, -0.1) is 0 Å². The van der Waals surface area contributed by atoms with Crippen LogP contribution in [0, 0.1) is 0 Å². The molecule has 0 amide bonds. The van der Waals surface area contributed by atoms with Gasteiger partial charge in [-0.25, -0.2) is 4.98 Å². The molecule has 0 spiro atoms. The van der Waals surface area contributed by atoms with Gasteiger partial charge in [0, 0.05) is 0 Å². The number of pyridine rings is 1. The number of hydrogen-bond acceptors (Lipinski definition) is 5. The van der Waals surface area contributed by atoms with Crippen molar-refractivity contribution in [1.29, 1.82) is 0 Å². The minimum absolute atomic E-state index is 0.175. The van der Waals surface area contributed by atoms with Crippen molar-refractivity contribution in [2.75, 3.05) is 5.73 Å². The van der Waals surface area contributed by atoms with Gasteiger partial charge in [0.2, 0.25) is 0 Å². The van der Waals surface area contributed by atoms with Crippen LogP contribution in [0.4, 0.5) is 5.82 Å². The molecule has 1 heterocycles. The summed E-state index contributed by atoms with van der Waals surface area (Å²) in [6.45, 7) is 6.58. The molecule has 5 nitrogen and oxygen atoms in total. The zero-order valence-corrected chi connectivity index (χ0v) is 11.7. The van der Waals surface area contributed by atoms with E-state index in [0.29, 0.717) is 5.46 Å². The molecule has 0 saturated carbocycles. The molecule has 1 aromatic heterocycles. The van der Waals surface area contributed by atoms with Crippen molar-refractivity contribution in [2.45, 2.75) is 38.9 Å². The van der Waals surface area contributed by atoms with Gasteiger partial charge in [0.05, 0.1) is 11.2 Å². The molecule has 1 rings (SSSR count). The molecule has 7 heteroatoms. The van der Waals surface area contributed by atoms with Crippen LogP contribution in [0.3, 0.4) is 0 Å². The second-order valence-electron chi connectivity index (χ2n) is 5.19. The van der Waals surface area contributed by atoms with Crippen LogP contribution in [-0.2, 0) is 4.65 Å². The van der Waals surface area contributed by atoms with E-state index in [9.17, 15) is 10.1 Å². The highest BCUT2D eigenvalue weighted by Gasteiger charge is 2.39. The third-order valence-electron chi connectivity index (χ3n) is 3.00. The van der Waals surface area contributed by atoms with E-state index in [4.69, 9.17) is 22.0 Å². The lowest BCUT2D eigenvalue weighted by atomic mass is 9.77. The minimum atomic E-state index is -1.24. The number of nitrogens with zero attached hydrogens (tertiary/aromatic N) is 1. The molecule has 0 radical (unpaired) electrons. The molecule has 0 atom stereocenters. The predicted molar refractivity (Wildman–Crippen MR) is 72.7 cm³/mol. The van der Waals surface area contributed by atoms with Crippen molar-refractivity contribution < 1.29 is 14.8 Å². The fourth-order valence-electron chi connectivity index (χ4n) is 1.17. The van der Waals surface area contributed by atoms with Gasteiger partial charge in [-0.1, -0.05) is 11.6 Å². The molecule has 0 aliphatic carbocycles. The average molecular weight is 273 g/mol. The molecule has 100 valence electrons. The molecule has 0 unspecified atom stereocenters. The van der Waals surface area contributed by atoms with Crippen LogP contribution in [0.5, 0.6) is 0 Å². The van der Waals surface area contributed by atoms with E-state index in [1.165, 1.54) is 12.1 Å². The Morgan fingerprint density at radius 2 is 1.89 bits per heavy atom. The van der Waals surface area contributed by atoms with Crippen LogP contribution in [-0.4, -0.2) is 33.4 Å². The molecule has 0 aliphatic rings. The summed E-state index contributed by atoms with van der Waals surface area (Å²) in [5.74, 6) is 0.196. The largest absolute Gasteiger partial charge is 0.491 e. The van der Waals surface area contributed by atoms with Crippen LogP contribution >= 0.6 is 11.6 Å². The maximum absolute atomic E-state index is 9.99. The maximum Gasteiger partial charge on any atom is 0.491 e. The first-order chi connectivity index (χ1) is 8.03. The lowest BCUT2D eigenvalue weighted by Crippen LogP contribution is -2.53. The maximum atomic E-state index is 9.99. The number of nitrogens with two attached hydrogens (primary N) is 1. The molecule has 0 aliphatic heterocycles. The van der Waals surface area contributed by atoms with Crippen molar-refractivity contribution in [1.82, 2.24) is 4.98 Å². The Bertz CT molecular complexity index is 415. The fourth-order valence-corrected chi connectivity index (χ4v) is 1.40. The summed E-state index contributed by atoms with van der Waals surface area (Å²) in [5.41, 5.74) is 3.87. The Hall–Kier alpha value is -0.815. The van der Waals surface area contributed by atoms with Crippen molar-refractivity contribution in [2.24, 2.45) is 0 Å². The SMILES string of the molecule is CC(C)(O)C(C)(C)OB(O)c1cc(N)nc(Cl)c1. The topological polar surface area (TPSA) is 88.6 Å². The molecule has 0 fully saturated rings. The quantitative estimate of drug-likeness (QED) is 0.551. The molecular formula is C11H18BClN2O3. The van der Waals surface area contributed by atoms with E-state index >= 15 is 0 Å². The average Bonchev–Trinajstić information content (AvgIpc) is 2.13. The van der Waals surface area contributed by atoms with Crippen molar-refractivity contribution in [3.63, 3.8) is 0 Å². The number of hydrogen-bond donors (Lipinski definition) is 3. The Morgan fingerprint density at radius 1 is 1.33 bits per heavy atom. The minimum Gasteiger partial charge on any atom is -0.423 e. The second-order valence-corrected chi connectivity index (χ2v) is 5.57. The Morgan fingerprint density at radius 3 is 2.33 bits per heavy atom. The standard InChI is InChI=1S/C11H18BClN2O3/c1-10(2,16)11(3,4)18-12(17)7-5-8(13)15-9(14)6-7/h5-6,16-17H,1-4H3,(H2,14,15). The summed E-state index contributed by atoms with van der Waals surface area (Å²) in [6.07, 6.45) is 0. The number of anilines is 1. The van der Waals surface area contributed by atoms with Gasteiger partial charge in [-0.05, 0) is 45.3 Å². The van der Waals surface area contributed by atoms with Crippen molar-refractivity contribution in [3.05, 3.63) is 17.3 Å². The highest BCUT2D eigenvalue weighted by molar-refractivity contribution is 6.60. The van der Waals surface area contributed by atoms with Gasteiger partial charge in [-0.3, -0.25) is 0 Å². The Labute approximate surface area is 112 Å². The fraction of sp³-hybridized carbons (Fsp3) is 0.545. The van der Waals surface area contributed by atoms with Crippen LogP contribution in [0.2, 0.25) is 5.15 Å². The van der Waals surface area contributed by atoms with E-state index in [-0.39, 0.29) is 11.0 Å².